The van der Waals surface area contributed by atoms with Gasteiger partial charge in [-0.2, -0.15) is 0 Å². The van der Waals surface area contributed by atoms with E-state index in [1.54, 1.807) is 0 Å². The van der Waals surface area contributed by atoms with Crippen LogP contribution < -0.4 is 10.2 Å². The summed E-state index contributed by atoms with van der Waals surface area (Å²) < 4.78 is 1.07. The van der Waals surface area contributed by atoms with Gasteiger partial charge in [-0.15, -0.1) is 0 Å². The zero-order chi connectivity index (χ0) is 11.8. The Morgan fingerprint density at radius 1 is 1.44 bits per heavy atom. The van der Waals surface area contributed by atoms with Gasteiger partial charge in [0, 0.05) is 29.6 Å². The molecule has 0 radical (unpaired) electrons. The third-order valence-electron chi connectivity index (χ3n) is 2.82. The van der Waals surface area contributed by atoms with Crippen LogP contribution in [-0.2, 0) is 0 Å². The van der Waals surface area contributed by atoms with E-state index in [1.807, 2.05) is 12.1 Å². The molecule has 2 rings (SSSR count). The van der Waals surface area contributed by atoms with Crippen LogP contribution in [0.5, 0.6) is 0 Å². The molecule has 1 saturated heterocycles. The van der Waals surface area contributed by atoms with Crippen molar-refractivity contribution in [3.8, 4) is 0 Å². The Hall–Kier alpha value is -0.250. The number of nitrogens with one attached hydrogen (secondary N) is 1. The number of piperazine rings is 1. The average Bonchev–Trinajstić information content (AvgIpc) is 2.20. The highest BCUT2D eigenvalue weighted by Crippen LogP contribution is 2.30. The molecule has 0 unspecified atom stereocenters. The minimum absolute atomic E-state index is 0.143. The predicted octanol–water partition coefficient (Wildman–Crippen LogP) is 3.29. The quantitative estimate of drug-likeness (QED) is 0.856. The van der Waals surface area contributed by atoms with Gasteiger partial charge in [-0.25, -0.2) is 0 Å². The number of benzene rings is 1. The zero-order valence-corrected chi connectivity index (χ0v) is 11.9. The summed E-state index contributed by atoms with van der Waals surface area (Å²) in [4.78, 5) is 2.34. The van der Waals surface area contributed by atoms with Crippen LogP contribution in [0, 0.1) is 0 Å². The fourth-order valence-corrected chi connectivity index (χ4v) is 2.66. The van der Waals surface area contributed by atoms with Gasteiger partial charge in [-0.05, 0) is 32.0 Å². The molecule has 0 saturated carbocycles. The van der Waals surface area contributed by atoms with Crippen molar-refractivity contribution in [2.24, 2.45) is 0 Å². The monoisotopic (exact) mass is 302 g/mol. The van der Waals surface area contributed by atoms with Gasteiger partial charge < -0.3 is 10.2 Å². The van der Waals surface area contributed by atoms with Crippen molar-refractivity contribution in [1.29, 1.82) is 0 Å². The van der Waals surface area contributed by atoms with Gasteiger partial charge in [-0.3, -0.25) is 0 Å². The molecule has 1 aromatic carbocycles. The minimum atomic E-state index is 0.143. The van der Waals surface area contributed by atoms with Gasteiger partial charge in [0.15, 0.2) is 0 Å². The van der Waals surface area contributed by atoms with E-state index < -0.39 is 0 Å². The van der Waals surface area contributed by atoms with Crippen molar-refractivity contribution in [3.63, 3.8) is 0 Å². The Balaban J connectivity index is 2.26. The highest BCUT2D eigenvalue weighted by atomic mass is 79.9. The molecule has 1 aliphatic rings. The van der Waals surface area contributed by atoms with Crippen molar-refractivity contribution in [2.45, 2.75) is 19.4 Å². The van der Waals surface area contributed by atoms with Crippen LogP contribution in [0.25, 0.3) is 0 Å². The average molecular weight is 304 g/mol. The van der Waals surface area contributed by atoms with Gasteiger partial charge in [0.05, 0.1) is 10.7 Å². The molecule has 0 bridgehead atoms. The van der Waals surface area contributed by atoms with E-state index in [0.29, 0.717) is 0 Å². The van der Waals surface area contributed by atoms with Crippen molar-refractivity contribution in [3.05, 3.63) is 27.7 Å². The summed E-state index contributed by atoms with van der Waals surface area (Å²) in [5, 5.41) is 4.32. The molecule has 1 aliphatic heterocycles. The molecule has 0 amide bonds. The Labute approximate surface area is 110 Å². The second-order valence-corrected chi connectivity index (χ2v) is 6.15. The van der Waals surface area contributed by atoms with Crippen molar-refractivity contribution >= 4 is 33.2 Å². The molecule has 1 N–H and O–H groups in total. The maximum atomic E-state index is 6.24. The molecule has 0 atom stereocenters. The van der Waals surface area contributed by atoms with Crippen LogP contribution >= 0.6 is 27.5 Å². The first-order chi connectivity index (χ1) is 7.48. The van der Waals surface area contributed by atoms with Crippen LogP contribution in [0.3, 0.4) is 0 Å². The Morgan fingerprint density at radius 2 is 2.19 bits per heavy atom. The number of halogens is 2. The molecule has 4 heteroatoms. The standard InChI is InChI=1S/C12H16BrClN2/c1-12(2)8-16(6-5-15-12)11-7-9(13)3-4-10(11)14/h3-4,7,15H,5-6,8H2,1-2H3. The van der Waals surface area contributed by atoms with Crippen LogP contribution in [0.2, 0.25) is 5.02 Å². The smallest absolute Gasteiger partial charge is 0.0640 e. The maximum Gasteiger partial charge on any atom is 0.0640 e. The van der Waals surface area contributed by atoms with Crippen molar-refractivity contribution in [2.75, 3.05) is 24.5 Å². The summed E-state index contributed by atoms with van der Waals surface area (Å²) in [5.74, 6) is 0. The fraction of sp³-hybridized carbons (Fsp3) is 0.500. The van der Waals surface area contributed by atoms with E-state index in [2.05, 4.69) is 46.1 Å². The highest BCUT2D eigenvalue weighted by Gasteiger charge is 2.26. The Morgan fingerprint density at radius 3 is 2.88 bits per heavy atom. The van der Waals surface area contributed by atoms with E-state index in [1.165, 1.54) is 0 Å². The fourth-order valence-electron chi connectivity index (χ4n) is 2.08. The Bertz CT molecular complexity index is 393. The first-order valence-corrected chi connectivity index (χ1v) is 6.60. The number of hydrogen-bond acceptors (Lipinski definition) is 2. The summed E-state index contributed by atoms with van der Waals surface area (Å²) in [6, 6.07) is 6.00. The summed E-state index contributed by atoms with van der Waals surface area (Å²) >= 11 is 9.73. The topological polar surface area (TPSA) is 15.3 Å². The largest absolute Gasteiger partial charge is 0.367 e. The molecule has 0 spiro atoms. The molecule has 16 heavy (non-hydrogen) atoms. The van der Waals surface area contributed by atoms with Gasteiger partial charge in [0.1, 0.15) is 0 Å². The van der Waals surface area contributed by atoms with Crippen LogP contribution in [0.1, 0.15) is 13.8 Å². The third-order valence-corrected chi connectivity index (χ3v) is 3.63. The van der Waals surface area contributed by atoms with Gasteiger partial charge in [-0.1, -0.05) is 27.5 Å². The number of rotatable bonds is 1. The molecule has 2 nitrogen and oxygen atoms in total. The number of nitrogens with zero attached hydrogens (tertiary/aromatic N) is 1. The Kier molecular flexibility index (Phi) is 3.48. The van der Waals surface area contributed by atoms with Crippen molar-refractivity contribution in [1.82, 2.24) is 5.32 Å². The van der Waals surface area contributed by atoms with Crippen LogP contribution in [-0.4, -0.2) is 25.2 Å². The molecular weight excluding hydrogens is 288 g/mol. The van der Waals surface area contributed by atoms with Crippen molar-refractivity contribution < 1.29 is 0 Å². The van der Waals surface area contributed by atoms with E-state index in [4.69, 9.17) is 11.6 Å². The summed E-state index contributed by atoms with van der Waals surface area (Å²) in [6.45, 7) is 7.40. The molecule has 1 heterocycles. The molecule has 1 aromatic rings. The van der Waals surface area contributed by atoms with Gasteiger partial charge in [0.2, 0.25) is 0 Å². The van der Waals surface area contributed by atoms with E-state index in [0.717, 1.165) is 34.8 Å². The van der Waals surface area contributed by atoms with E-state index in [-0.39, 0.29) is 5.54 Å². The van der Waals surface area contributed by atoms with Crippen LogP contribution in [0.4, 0.5) is 5.69 Å². The maximum absolute atomic E-state index is 6.24. The molecule has 88 valence electrons. The second-order valence-electron chi connectivity index (χ2n) is 4.83. The molecule has 0 aromatic heterocycles. The SMILES string of the molecule is CC1(C)CN(c2cc(Br)ccc2Cl)CCN1. The lowest BCUT2D eigenvalue weighted by Gasteiger charge is -2.40. The summed E-state index contributed by atoms with van der Waals surface area (Å²) in [7, 11) is 0. The second kappa shape index (κ2) is 4.55. The zero-order valence-electron chi connectivity index (χ0n) is 9.56. The first kappa shape index (κ1) is 12.2. The first-order valence-electron chi connectivity index (χ1n) is 5.43. The van der Waals surface area contributed by atoms with E-state index >= 15 is 0 Å². The minimum Gasteiger partial charge on any atom is -0.367 e. The van der Waals surface area contributed by atoms with Crippen LogP contribution in [0.15, 0.2) is 22.7 Å². The lowest BCUT2D eigenvalue weighted by Crippen LogP contribution is -2.57. The molecule has 1 fully saturated rings. The lowest BCUT2D eigenvalue weighted by atomic mass is 10.0. The summed E-state index contributed by atoms with van der Waals surface area (Å²) in [6.07, 6.45) is 0. The highest BCUT2D eigenvalue weighted by molar-refractivity contribution is 9.10. The van der Waals surface area contributed by atoms with Gasteiger partial charge >= 0.3 is 0 Å². The normalized spacial score (nSPS) is 19.9. The molecule has 0 aliphatic carbocycles. The predicted molar refractivity (Wildman–Crippen MR) is 73.4 cm³/mol. The molecular formula is C12H16BrClN2. The van der Waals surface area contributed by atoms with E-state index in [9.17, 15) is 0 Å². The van der Waals surface area contributed by atoms with Gasteiger partial charge in [0.25, 0.3) is 0 Å². The number of hydrogen-bond donors (Lipinski definition) is 1. The third kappa shape index (κ3) is 2.70. The summed E-state index contributed by atoms with van der Waals surface area (Å²) in [5.41, 5.74) is 1.26. The lowest BCUT2D eigenvalue weighted by molar-refractivity contribution is 0.353. The number of anilines is 1.